The number of aromatic nitrogens is 1. The molecule has 7 nitrogen and oxygen atoms in total. The summed E-state index contributed by atoms with van der Waals surface area (Å²) in [6.07, 6.45) is 3.67. The van der Waals surface area contributed by atoms with Crippen LogP contribution in [0.15, 0.2) is 29.2 Å². The third-order valence-electron chi connectivity index (χ3n) is 5.08. The number of benzene rings is 1. The fraction of sp³-hybridized carbons (Fsp3) is 0.500. The molecular formula is C20H26N2O5. The molecule has 0 bridgehead atoms. The van der Waals surface area contributed by atoms with Gasteiger partial charge in [-0.2, -0.15) is 0 Å². The summed E-state index contributed by atoms with van der Waals surface area (Å²) in [7, 11) is 4.77. The summed E-state index contributed by atoms with van der Waals surface area (Å²) in [5.74, 6) is 1.40. The van der Waals surface area contributed by atoms with Crippen LogP contribution in [0.3, 0.4) is 0 Å². The predicted octanol–water partition coefficient (Wildman–Crippen LogP) is 1.90. The number of carbonyl (C=O) groups is 1. The van der Waals surface area contributed by atoms with E-state index in [1.807, 2.05) is 4.90 Å². The molecule has 2 aromatic rings. The Morgan fingerprint density at radius 3 is 2.67 bits per heavy atom. The van der Waals surface area contributed by atoms with Crippen LogP contribution in [0.25, 0.3) is 10.8 Å². The fourth-order valence-corrected chi connectivity index (χ4v) is 3.72. The van der Waals surface area contributed by atoms with E-state index >= 15 is 0 Å². The van der Waals surface area contributed by atoms with Crippen LogP contribution in [0.2, 0.25) is 0 Å². The van der Waals surface area contributed by atoms with E-state index < -0.39 is 0 Å². The van der Waals surface area contributed by atoms with Gasteiger partial charge in [0.1, 0.15) is 6.54 Å². The molecule has 1 atom stereocenters. The van der Waals surface area contributed by atoms with E-state index in [4.69, 9.17) is 14.2 Å². The van der Waals surface area contributed by atoms with Gasteiger partial charge in [0.15, 0.2) is 11.5 Å². The van der Waals surface area contributed by atoms with Crippen LogP contribution in [-0.4, -0.2) is 56.4 Å². The van der Waals surface area contributed by atoms with Crippen molar-refractivity contribution >= 4 is 16.7 Å². The lowest BCUT2D eigenvalue weighted by Gasteiger charge is -2.32. The molecule has 0 N–H and O–H groups in total. The summed E-state index contributed by atoms with van der Waals surface area (Å²) < 4.78 is 17.4. The molecule has 1 saturated heterocycles. The van der Waals surface area contributed by atoms with E-state index in [9.17, 15) is 9.59 Å². The maximum atomic E-state index is 12.9. The molecule has 0 aliphatic carbocycles. The lowest BCUT2D eigenvalue weighted by Crippen LogP contribution is -2.43. The summed E-state index contributed by atoms with van der Waals surface area (Å²) in [6, 6.07) is 5.19. The number of ether oxygens (including phenoxy) is 3. The molecule has 0 radical (unpaired) electrons. The zero-order chi connectivity index (χ0) is 19.4. The smallest absolute Gasteiger partial charge is 0.259 e. The molecule has 146 valence electrons. The average Bonchev–Trinajstić information content (AvgIpc) is 2.69. The van der Waals surface area contributed by atoms with Crippen molar-refractivity contribution in [3.63, 3.8) is 0 Å². The molecule has 1 aliphatic heterocycles. The second-order valence-electron chi connectivity index (χ2n) is 6.81. The summed E-state index contributed by atoms with van der Waals surface area (Å²) in [5.41, 5.74) is -0.216. The lowest BCUT2D eigenvalue weighted by molar-refractivity contribution is -0.134. The quantitative estimate of drug-likeness (QED) is 0.772. The average molecular weight is 374 g/mol. The van der Waals surface area contributed by atoms with Gasteiger partial charge in [-0.05, 0) is 37.0 Å². The van der Waals surface area contributed by atoms with Crippen molar-refractivity contribution < 1.29 is 19.0 Å². The summed E-state index contributed by atoms with van der Waals surface area (Å²) >= 11 is 0. The van der Waals surface area contributed by atoms with Gasteiger partial charge in [0.2, 0.25) is 5.91 Å². The minimum Gasteiger partial charge on any atom is -0.493 e. The number of nitrogens with zero attached hydrogens (tertiary/aromatic N) is 2. The minimum atomic E-state index is -0.216. The van der Waals surface area contributed by atoms with Gasteiger partial charge in [-0.1, -0.05) is 0 Å². The van der Waals surface area contributed by atoms with Crippen molar-refractivity contribution in [1.82, 2.24) is 9.47 Å². The zero-order valence-corrected chi connectivity index (χ0v) is 16.1. The molecule has 1 amide bonds. The van der Waals surface area contributed by atoms with Gasteiger partial charge in [0.05, 0.1) is 26.2 Å². The first-order valence-electron chi connectivity index (χ1n) is 9.10. The molecule has 1 aromatic carbocycles. The van der Waals surface area contributed by atoms with Crippen LogP contribution in [-0.2, 0) is 16.1 Å². The van der Waals surface area contributed by atoms with Crippen molar-refractivity contribution in [3.05, 3.63) is 34.7 Å². The number of piperidine rings is 1. The fourth-order valence-electron chi connectivity index (χ4n) is 3.72. The Bertz CT molecular complexity index is 875. The third-order valence-corrected chi connectivity index (χ3v) is 5.08. The normalized spacial score (nSPS) is 17.1. The molecule has 0 spiro atoms. The van der Waals surface area contributed by atoms with Crippen molar-refractivity contribution in [2.75, 3.05) is 41.0 Å². The van der Waals surface area contributed by atoms with Gasteiger partial charge >= 0.3 is 0 Å². The van der Waals surface area contributed by atoms with E-state index in [0.717, 1.165) is 19.4 Å². The molecule has 0 unspecified atom stereocenters. The summed E-state index contributed by atoms with van der Waals surface area (Å²) in [6.45, 7) is 2.09. The molecule has 1 aromatic heterocycles. The highest BCUT2D eigenvalue weighted by molar-refractivity contribution is 5.90. The van der Waals surface area contributed by atoms with Crippen LogP contribution in [0.4, 0.5) is 0 Å². The first-order chi connectivity index (χ1) is 13.1. The van der Waals surface area contributed by atoms with Crippen molar-refractivity contribution in [1.29, 1.82) is 0 Å². The number of rotatable bonds is 6. The Kier molecular flexibility index (Phi) is 6.01. The molecule has 27 heavy (non-hydrogen) atoms. The molecule has 2 heterocycles. The second kappa shape index (κ2) is 8.43. The van der Waals surface area contributed by atoms with Crippen LogP contribution < -0.4 is 15.0 Å². The number of hydrogen-bond acceptors (Lipinski definition) is 5. The monoisotopic (exact) mass is 374 g/mol. The molecular weight excluding hydrogens is 348 g/mol. The van der Waals surface area contributed by atoms with E-state index in [-0.39, 0.29) is 18.0 Å². The van der Waals surface area contributed by atoms with E-state index in [1.54, 1.807) is 45.7 Å². The Morgan fingerprint density at radius 1 is 1.15 bits per heavy atom. The number of amides is 1. The number of fused-ring (bicyclic) bond motifs is 1. The molecule has 3 rings (SSSR count). The topological polar surface area (TPSA) is 70.0 Å². The number of likely N-dealkylation sites (tertiary alicyclic amines) is 1. The van der Waals surface area contributed by atoms with Crippen molar-refractivity contribution in [3.8, 4) is 11.5 Å². The second-order valence-corrected chi connectivity index (χ2v) is 6.81. The van der Waals surface area contributed by atoms with E-state index in [1.165, 1.54) is 4.57 Å². The van der Waals surface area contributed by atoms with Gasteiger partial charge in [-0.25, -0.2) is 0 Å². The van der Waals surface area contributed by atoms with Crippen LogP contribution in [0.1, 0.15) is 12.8 Å². The molecule has 0 saturated carbocycles. The number of carbonyl (C=O) groups excluding carboxylic acids is 1. The SMILES string of the molecule is COC[C@H]1CCCN(C(=O)Cn2ccc3c(OC)c(OC)ccc3c2=O)C1. The minimum absolute atomic E-state index is 0.0306. The molecule has 1 fully saturated rings. The first kappa shape index (κ1) is 19.2. The van der Waals surface area contributed by atoms with Crippen LogP contribution in [0, 0.1) is 5.92 Å². The van der Waals surface area contributed by atoms with Gasteiger partial charge in [0, 0.05) is 31.8 Å². The third kappa shape index (κ3) is 3.93. The Hall–Kier alpha value is -2.54. The highest BCUT2D eigenvalue weighted by atomic mass is 16.5. The predicted molar refractivity (Wildman–Crippen MR) is 102 cm³/mol. The largest absolute Gasteiger partial charge is 0.493 e. The Balaban J connectivity index is 1.84. The summed E-state index contributed by atoms with van der Waals surface area (Å²) in [5, 5.41) is 1.17. The maximum absolute atomic E-state index is 12.9. The summed E-state index contributed by atoms with van der Waals surface area (Å²) in [4.78, 5) is 27.4. The molecule has 1 aliphatic rings. The highest BCUT2D eigenvalue weighted by Gasteiger charge is 2.24. The maximum Gasteiger partial charge on any atom is 0.259 e. The number of pyridine rings is 1. The van der Waals surface area contributed by atoms with E-state index in [0.29, 0.717) is 41.3 Å². The van der Waals surface area contributed by atoms with Gasteiger partial charge in [-0.3, -0.25) is 9.59 Å². The van der Waals surface area contributed by atoms with Gasteiger partial charge < -0.3 is 23.7 Å². The number of methoxy groups -OCH3 is 3. The first-order valence-corrected chi connectivity index (χ1v) is 9.10. The Morgan fingerprint density at radius 2 is 1.96 bits per heavy atom. The van der Waals surface area contributed by atoms with E-state index in [2.05, 4.69) is 0 Å². The highest BCUT2D eigenvalue weighted by Crippen LogP contribution is 2.33. The van der Waals surface area contributed by atoms with Crippen molar-refractivity contribution in [2.45, 2.75) is 19.4 Å². The van der Waals surface area contributed by atoms with Gasteiger partial charge in [-0.15, -0.1) is 0 Å². The lowest BCUT2D eigenvalue weighted by atomic mass is 9.99. The standard InChI is InChI=1S/C20H26N2O5/c1-25-13-14-5-4-9-21(11-14)18(23)12-22-10-8-15-16(20(22)24)6-7-17(26-2)19(15)27-3/h6-8,10,14H,4-5,9,11-13H2,1-3H3/t14-/m0/s1. The van der Waals surface area contributed by atoms with Crippen molar-refractivity contribution in [2.24, 2.45) is 5.92 Å². The van der Waals surface area contributed by atoms with Crippen LogP contribution in [0.5, 0.6) is 11.5 Å². The zero-order valence-electron chi connectivity index (χ0n) is 16.1. The van der Waals surface area contributed by atoms with Gasteiger partial charge in [0.25, 0.3) is 5.56 Å². The Labute approximate surface area is 158 Å². The van der Waals surface area contributed by atoms with Crippen LogP contribution >= 0.6 is 0 Å². The molecule has 7 heteroatoms. The number of hydrogen-bond donors (Lipinski definition) is 0.